The predicted molar refractivity (Wildman–Crippen MR) is 123 cm³/mol. The van der Waals surface area contributed by atoms with E-state index in [-0.39, 0.29) is 0 Å². The van der Waals surface area contributed by atoms with Crippen LogP contribution >= 0.6 is 0 Å². The molecule has 0 saturated carbocycles. The molecule has 0 amide bonds. The highest BCUT2D eigenvalue weighted by Gasteiger charge is 2.12. The molecule has 154 valence electrons. The van der Waals surface area contributed by atoms with E-state index in [0.29, 0.717) is 23.5 Å². The molecule has 3 aromatic carbocycles. The van der Waals surface area contributed by atoms with Crippen molar-refractivity contribution >= 4 is 12.0 Å². The van der Waals surface area contributed by atoms with E-state index in [1.807, 2.05) is 77.5 Å². The number of carboxylic acid groups (broad SMARTS) is 1. The van der Waals surface area contributed by atoms with Crippen LogP contribution in [0.25, 0.3) is 28.6 Å². The van der Waals surface area contributed by atoms with Gasteiger partial charge in [0.25, 0.3) is 0 Å². The average Bonchev–Trinajstić information content (AvgIpc) is 3.21. The summed E-state index contributed by atoms with van der Waals surface area (Å²) in [5.74, 6) is 0.576. The number of benzene rings is 3. The van der Waals surface area contributed by atoms with Crippen LogP contribution in [0.1, 0.15) is 35.1 Å². The summed E-state index contributed by atoms with van der Waals surface area (Å²) in [7, 11) is 0. The molecule has 4 rings (SSSR count). The van der Waals surface area contributed by atoms with Crippen molar-refractivity contribution in [3.05, 3.63) is 102 Å². The van der Waals surface area contributed by atoms with Crippen molar-refractivity contribution in [1.29, 1.82) is 0 Å². The van der Waals surface area contributed by atoms with Crippen LogP contribution in [0.5, 0.6) is 0 Å². The molecule has 0 aliphatic rings. The van der Waals surface area contributed by atoms with E-state index in [1.54, 1.807) is 12.1 Å². The second kappa shape index (κ2) is 9.22. The number of aromatic nitrogens is 3. The summed E-state index contributed by atoms with van der Waals surface area (Å²) in [6.45, 7) is 2.66. The Balaban J connectivity index is 1.63. The summed E-state index contributed by atoms with van der Waals surface area (Å²) in [5, 5.41) is 14.2. The first-order chi connectivity index (χ1) is 15.2. The van der Waals surface area contributed by atoms with Crippen LogP contribution in [0, 0.1) is 0 Å². The number of aromatic carboxylic acids is 1. The molecule has 0 aliphatic heterocycles. The van der Waals surface area contributed by atoms with Gasteiger partial charge in [-0.15, -0.1) is 0 Å². The van der Waals surface area contributed by atoms with E-state index in [2.05, 4.69) is 13.0 Å². The first kappa shape index (κ1) is 20.3. The van der Waals surface area contributed by atoms with Gasteiger partial charge in [-0.3, -0.25) is 0 Å². The predicted octanol–water partition coefficient (Wildman–Crippen LogP) is 5.78. The average molecular weight is 409 g/mol. The number of rotatable bonds is 7. The third kappa shape index (κ3) is 4.61. The summed E-state index contributed by atoms with van der Waals surface area (Å²) in [6.07, 6.45) is 4.99. The number of allylic oxidation sites excluding steroid dienone is 1. The van der Waals surface area contributed by atoms with E-state index >= 15 is 0 Å². The zero-order chi connectivity index (χ0) is 21.6. The Hall–Kier alpha value is -3.99. The molecule has 5 nitrogen and oxygen atoms in total. The summed E-state index contributed by atoms with van der Waals surface area (Å²) < 4.78 is 1.90. The monoisotopic (exact) mass is 409 g/mol. The maximum atomic E-state index is 11.5. The molecule has 0 spiro atoms. The maximum absolute atomic E-state index is 11.5. The Bertz CT molecular complexity index is 1210. The fourth-order valence-corrected chi connectivity index (χ4v) is 3.41. The van der Waals surface area contributed by atoms with Gasteiger partial charge in [0.2, 0.25) is 0 Å². The van der Waals surface area contributed by atoms with Gasteiger partial charge in [0.05, 0.1) is 12.1 Å². The van der Waals surface area contributed by atoms with Gasteiger partial charge >= 0.3 is 5.97 Å². The minimum Gasteiger partial charge on any atom is -0.478 e. The molecule has 5 heteroatoms. The first-order valence-corrected chi connectivity index (χ1v) is 10.2. The van der Waals surface area contributed by atoms with E-state index in [4.69, 9.17) is 10.1 Å². The highest BCUT2D eigenvalue weighted by atomic mass is 16.4. The zero-order valence-electron chi connectivity index (χ0n) is 17.3. The van der Waals surface area contributed by atoms with Crippen LogP contribution in [-0.4, -0.2) is 25.8 Å². The molecule has 1 aromatic heterocycles. The Morgan fingerprint density at radius 3 is 2.35 bits per heavy atom. The molecule has 0 unspecified atom stereocenters. The van der Waals surface area contributed by atoms with Gasteiger partial charge in [0.1, 0.15) is 0 Å². The highest BCUT2D eigenvalue weighted by Crippen LogP contribution is 2.25. The molecule has 1 N–H and O–H groups in total. The second-order valence-electron chi connectivity index (χ2n) is 7.18. The second-order valence-corrected chi connectivity index (χ2v) is 7.18. The van der Waals surface area contributed by atoms with Gasteiger partial charge < -0.3 is 5.11 Å². The zero-order valence-corrected chi connectivity index (χ0v) is 17.3. The minimum atomic E-state index is -0.928. The summed E-state index contributed by atoms with van der Waals surface area (Å²) in [4.78, 5) is 16.2. The molecule has 0 atom stereocenters. The van der Waals surface area contributed by atoms with Gasteiger partial charge in [-0.1, -0.05) is 85.8 Å². The fourth-order valence-electron chi connectivity index (χ4n) is 3.41. The van der Waals surface area contributed by atoms with Crippen molar-refractivity contribution < 1.29 is 9.90 Å². The molecule has 1 heterocycles. The molecule has 0 saturated heterocycles. The quantitative estimate of drug-likeness (QED) is 0.420. The molecule has 0 radical (unpaired) electrons. The van der Waals surface area contributed by atoms with E-state index < -0.39 is 5.97 Å². The topological polar surface area (TPSA) is 68.0 Å². The summed E-state index contributed by atoms with van der Waals surface area (Å²) in [5.41, 5.74) is 3.92. The molecular weight excluding hydrogens is 386 g/mol. The van der Waals surface area contributed by atoms with Crippen molar-refractivity contribution in [2.75, 3.05) is 0 Å². The van der Waals surface area contributed by atoms with Crippen molar-refractivity contribution in [2.24, 2.45) is 0 Å². The third-order valence-electron chi connectivity index (χ3n) is 4.99. The van der Waals surface area contributed by atoms with Gasteiger partial charge in [-0.2, -0.15) is 5.10 Å². The normalized spacial score (nSPS) is 11.1. The third-order valence-corrected chi connectivity index (χ3v) is 4.99. The van der Waals surface area contributed by atoms with Gasteiger partial charge in [-0.05, 0) is 35.3 Å². The largest absolute Gasteiger partial charge is 0.478 e. The van der Waals surface area contributed by atoms with Crippen molar-refractivity contribution in [3.8, 4) is 22.5 Å². The van der Waals surface area contributed by atoms with Gasteiger partial charge in [-0.25, -0.2) is 14.5 Å². The van der Waals surface area contributed by atoms with Crippen LogP contribution in [0.4, 0.5) is 0 Å². The van der Waals surface area contributed by atoms with Crippen molar-refractivity contribution in [3.63, 3.8) is 0 Å². The molecule has 0 fully saturated rings. The molecule has 0 aliphatic carbocycles. The Labute approximate surface area is 181 Å². The molecule has 31 heavy (non-hydrogen) atoms. The van der Waals surface area contributed by atoms with Gasteiger partial charge in [0.15, 0.2) is 11.6 Å². The van der Waals surface area contributed by atoms with Crippen LogP contribution in [-0.2, 0) is 6.54 Å². The Morgan fingerprint density at radius 1 is 0.935 bits per heavy atom. The highest BCUT2D eigenvalue weighted by molar-refractivity contribution is 5.95. The maximum Gasteiger partial charge on any atom is 0.336 e. The number of carbonyl (C=O) groups is 1. The van der Waals surface area contributed by atoms with Crippen LogP contribution in [0.2, 0.25) is 0 Å². The standard InChI is InChI=1S/C26H23N3O2/c1-2-3-13-24-27-25(21-9-5-4-6-10-21)28-29(24)18-19-14-16-20(17-15-19)22-11-7-8-12-23(22)26(30)31/h3-17H,2,18H2,1H3,(H,30,31). The Kier molecular flexibility index (Phi) is 6.03. The van der Waals surface area contributed by atoms with Gasteiger partial charge in [0, 0.05) is 5.56 Å². The molecule has 4 aromatic rings. The summed E-state index contributed by atoms with van der Waals surface area (Å²) >= 11 is 0. The van der Waals surface area contributed by atoms with E-state index in [1.165, 1.54) is 0 Å². The number of hydrogen-bond acceptors (Lipinski definition) is 3. The SMILES string of the molecule is CCC=Cc1nc(-c2ccccc2)nn1Cc1ccc(-c2ccccc2C(=O)O)cc1. The van der Waals surface area contributed by atoms with E-state index in [9.17, 15) is 9.90 Å². The van der Waals surface area contributed by atoms with Crippen molar-refractivity contribution in [2.45, 2.75) is 19.9 Å². The summed E-state index contributed by atoms with van der Waals surface area (Å²) in [6, 6.07) is 24.9. The smallest absolute Gasteiger partial charge is 0.336 e. The lowest BCUT2D eigenvalue weighted by molar-refractivity contribution is 0.0697. The molecular formula is C26H23N3O2. The lowest BCUT2D eigenvalue weighted by atomic mass is 9.99. The number of carboxylic acids is 1. The van der Waals surface area contributed by atoms with E-state index in [0.717, 1.165) is 28.9 Å². The number of hydrogen-bond donors (Lipinski definition) is 1. The lowest BCUT2D eigenvalue weighted by Crippen LogP contribution is -2.04. The van der Waals surface area contributed by atoms with Crippen LogP contribution in [0.3, 0.4) is 0 Å². The number of nitrogens with zero attached hydrogens (tertiary/aromatic N) is 3. The van der Waals surface area contributed by atoms with Crippen LogP contribution < -0.4 is 0 Å². The Morgan fingerprint density at radius 2 is 1.65 bits per heavy atom. The lowest BCUT2D eigenvalue weighted by Gasteiger charge is -2.08. The first-order valence-electron chi connectivity index (χ1n) is 10.2. The van der Waals surface area contributed by atoms with Crippen molar-refractivity contribution in [1.82, 2.24) is 14.8 Å². The van der Waals surface area contributed by atoms with Crippen LogP contribution in [0.15, 0.2) is 84.9 Å². The fraction of sp³-hybridized carbons (Fsp3) is 0.115. The minimum absolute atomic E-state index is 0.297. The molecule has 0 bridgehead atoms.